The maximum atomic E-state index is 12.0. The van der Waals surface area contributed by atoms with Crippen LogP contribution in [0.3, 0.4) is 0 Å². The van der Waals surface area contributed by atoms with Crippen molar-refractivity contribution in [2.75, 3.05) is 18.0 Å². The van der Waals surface area contributed by atoms with E-state index in [1.54, 1.807) is 24.1 Å². The van der Waals surface area contributed by atoms with Gasteiger partial charge >= 0.3 is 0 Å². The van der Waals surface area contributed by atoms with Gasteiger partial charge in [0.05, 0.1) is 11.8 Å². The number of aryl methyl sites for hydroxylation is 1. The lowest BCUT2D eigenvalue weighted by molar-refractivity contribution is 0.0951. The van der Waals surface area contributed by atoms with E-state index in [4.69, 9.17) is 0 Å². The van der Waals surface area contributed by atoms with Gasteiger partial charge in [0.1, 0.15) is 5.82 Å². The molecule has 3 heterocycles. The first-order valence-electron chi connectivity index (χ1n) is 7.69. The number of rotatable bonds is 4. The fraction of sp³-hybridized carbons (Fsp3) is 0.438. The zero-order chi connectivity index (χ0) is 15.4. The summed E-state index contributed by atoms with van der Waals surface area (Å²) >= 11 is 0. The van der Waals surface area contributed by atoms with Gasteiger partial charge in [0.15, 0.2) is 0 Å². The molecule has 22 heavy (non-hydrogen) atoms. The summed E-state index contributed by atoms with van der Waals surface area (Å²) in [5, 5.41) is 6.93. The maximum Gasteiger partial charge on any atom is 0.254 e. The second-order valence-corrected chi connectivity index (χ2v) is 5.66. The molecule has 1 amide bonds. The van der Waals surface area contributed by atoms with Crippen molar-refractivity contribution in [2.45, 2.75) is 25.8 Å². The molecule has 0 spiro atoms. The number of pyridine rings is 1. The Morgan fingerprint density at radius 1 is 1.32 bits per heavy atom. The monoisotopic (exact) mass is 299 g/mol. The van der Waals surface area contributed by atoms with Gasteiger partial charge in [-0.05, 0) is 37.0 Å². The predicted molar refractivity (Wildman–Crippen MR) is 84.7 cm³/mol. The average molecular weight is 299 g/mol. The molecule has 0 radical (unpaired) electrons. The molecule has 0 aliphatic carbocycles. The van der Waals surface area contributed by atoms with E-state index in [-0.39, 0.29) is 5.91 Å². The third kappa shape index (κ3) is 3.44. The Kier molecular flexibility index (Phi) is 4.37. The quantitative estimate of drug-likeness (QED) is 0.934. The molecular formula is C16H21N5O. The van der Waals surface area contributed by atoms with Crippen molar-refractivity contribution < 1.29 is 4.79 Å². The van der Waals surface area contributed by atoms with E-state index in [1.807, 2.05) is 12.3 Å². The summed E-state index contributed by atoms with van der Waals surface area (Å²) in [7, 11) is 1.80. The Labute approximate surface area is 130 Å². The second kappa shape index (κ2) is 6.60. The molecule has 1 aliphatic heterocycles. The van der Waals surface area contributed by atoms with Crippen molar-refractivity contribution >= 4 is 11.7 Å². The van der Waals surface area contributed by atoms with Crippen LogP contribution in [0.1, 0.15) is 35.2 Å². The molecule has 0 unspecified atom stereocenters. The lowest BCUT2D eigenvalue weighted by atomic mass is 10.1. The summed E-state index contributed by atoms with van der Waals surface area (Å²) in [4.78, 5) is 18.8. The van der Waals surface area contributed by atoms with Crippen molar-refractivity contribution in [3.63, 3.8) is 0 Å². The van der Waals surface area contributed by atoms with Gasteiger partial charge in [-0.3, -0.25) is 9.48 Å². The molecule has 2 aromatic rings. The Morgan fingerprint density at radius 2 is 2.14 bits per heavy atom. The minimum Gasteiger partial charge on any atom is -0.357 e. The van der Waals surface area contributed by atoms with Gasteiger partial charge in [0, 0.05) is 39.1 Å². The highest BCUT2D eigenvalue weighted by Gasteiger charge is 2.13. The SMILES string of the molecule is Cn1cc(C(=O)NCc2ccnc(N3CCCCC3)c2)cn1. The Balaban J connectivity index is 1.61. The number of anilines is 1. The zero-order valence-corrected chi connectivity index (χ0v) is 12.8. The number of carbonyl (C=O) groups is 1. The van der Waals surface area contributed by atoms with Crippen LogP contribution in [-0.4, -0.2) is 33.8 Å². The largest absolute Gasteiger partial charge is 0.357 e. The van der Waals surface area contributed by atoms with E-state index >= 15 is 0 Å². The van der Waals surface area contributed by atoms with Gasteiger partial charge < -0.3 is 10.2 Å². The lowest BCUT2D eigenvalue weighted by Gasteiger charge is -2.27. The van der Waals surface area contributed by atoms with Gasteiger partial charge in [-0.15, -0.1) is 0 Å². The number of hydrogen-bond acceptors (Lipinski definition) is 4. The van der Waals surface area contributed by atoms with E-state index < -0.39 is 0 Å². The molecule has 2 aromatic heterocycles. The molecule has 1 aliphatic rings. The van der Waals surface area contributed by atoms with E-state index in [1.165, 1.54) is 19.3 Å². The highest BCUT2D eigenvalue weighted by atomic mass is 16.1. The molecule has 6 heteroatoms. The molecule has 6 nitrogen and oxygen atoms in total. The van der Waals surface area contributed by atoms with Gasteiger partial charge in [0.25, 0.3) is 5.91 Å². The highest BCUT2D eigenvalue weighted by Crippen LogP contribution is 2.18. The molecule has 0 aromatic carbocycles. The van der Waals surface area contributed by atoms with Crippen LogP contribution in [-0.2, 0) is 13.6 Å². The first kappa shape index (κ1) is 14.6. The Bertz CT molecular complexity index is 645. The zero-order valence-electron chi connectivity index (χ0n) is 12.8. The number of amides is 1. The van der Waals surface area contributed by atoms with Crippen LogP contribution in [0.4, 0.5) is 5.82 Å². The molecule has 0 atom stereocenters. The Morgan fingerprint density at radius 3 is 2.86 bits per heavy atom. The number of piperidine rings is 1. The molecule has 116 valence electrons. The number of aromatic nitrogens is 3. The normalized spacial score (nSPS) is 14.9. The molecule has 1 N–H and O–H groups in total. The van der Waals surface area contributed by atoms with Crippen molar-refractivity contribution in [2.24, 2.45) is 7.05 Å². The summed E-state index contributed by atoms with van der Waals surface area (Å²) in [5.41, 5.74) is 1.64. The lowest BCUT2D eigenvalue weighted by Crippen LogP contribution is -2.30. The molecule has 1 saturated heterocycles. The predicted octanol–water partition coefficient (Wildman–Crippen LogP) is 1.74. The molecule has 1 fully saturated rings. The maximum absolute atomic E-state index is 12.0. The number of nitrogens with zero attached hydrogens (tertiary/aromatic N) is 4. The third-order valence-corrected chi connectivity index (χ3v) is 3.91. The summed E-state index contributed by atoms with van der Waals surface area (Å²) in [5.74, 6) is 0.900. The summed E-state index contributed by atoms with van der Waals surface area (Å²) in [6, 6.07) is 4.01. The minimum absolute atomic E-state index is 0.107. The van der Waals surface area contributed by atoms with Crippen LogP contribution in [0.15, 0.2) is 30.7 Å². The van der Waals surface area contributed by atoms with Gasteiger partial charge in [0.2, 0.25) is 0 Å². The van der Waals surface area contributed by atoms with E-state index in [0.29, 0.717) is 12.1 Å². The fourth-order valence-electron chi connectivity index (χ4n) is 2.69. The van der Waals surface area contributed by atoms with Crippen molar-refractivity contribution in [1.29, 1.82) is 0 Å². The number of carbonyl (C=O) groups excluding carboxylic acids is 1. The molecular weight excluding hydrogens is 278 g/mol. The minimum atomic E-state index is -0.107. The first-order valence-corrected chi connectivity index (χ1v) is 7.69. The topological polar surface area (TPSA) is 63.1 Å². The van der Waals surface area contributed by atoms with Crippen LogP contribution in [0, 0.1) is 0 Å². The van der Waals surface area contributed by atoms with Gasteiger partial charge in [-0.1, -0.05) is 0 Å². The highest BCUT2D eigenvalue weighted by molar-refractivity contribution is 5.93. The number of nitrogens with one attached hydrogen (secondary N) is 1. The molecule has 0 saturated carbocycles. The summed E-state index contributed by atoms with van der Waals surface area (Å²) in [6.45, 7) is 2.63. The smallest absolute Gasteiger partial charge is 0.254 e. The van der Waals surface area contributed by atoms with Gasteiger partial charge in [-0.25, -0.2) is 4.98 Å². The summed E-state index contributed by atoms with van der Waals surface area (Å²) < 4.78 is 1.62. The van der Waals surface area contributed by atoms with Crippen LogP contribution in [0.2, 0.25) is 0 Å². The molecule has 3 rings (SSSR count). The average Bonchev–Trinajstić information content (AvgIpc) is 3.00. The van der Waals surface area contributed by atoms with E-state index in [0.717, 1.165) is 24.5 Å². The van der Waals surface area contributed by atoms with Crippen LogP contribution >= 0.6 is 0 Å². The van der Waals surface area contributed by atoms with Crippen molar-refractivity contribution in [1.82, 2.24) is 20.1 Å². The van der Waals surface area contributed by atoms with Crippen molar-refractivity contribution in [3.05, 3.63) is 41.9 Å². The van der Waals surface area contributed by atoms with E-state index in [9.17, 15) is 4.79 Å². The number of hydrogen-bond donors (Lipinski definition) is 1. The van der Waals surface area contributed by atoms with Gasteiger partial charge in [-0.2, -0.15) is 5.10 Å². The third-order valence-electron chi connectivity index (χ3n) is 3.91. The first-order chi connectivity index (χ1) is 10.7. The van der Waals surface area contributed by atoms with Crippen LogP contribution in [0.25, 0.3) is 0 Å². The van der Waals surface area contributed by atoms with Crippen LogP contribution < -0.4 is 10.2 Å². The molecule has 0 bridgehead atoms. The fourth-order valence-corrected chi connectivity index (χ4v) is 2.69. The van der Waals surface area contributed by atoms with Crippen LogP contribution in [0.5, 0.6) is 0 Å². The van der Waals surface area contributed by atoms with E-state index in [2.05, 4.69) is 26.4 Å². The van der Waals surface area contributed by atoms with Crippen molar-refractivity contribution in [3.8, 4) is 0 Å². The summed E-state index contributed by atoms with van der Waals surface area (Å²) in [6.07, 6.45) is 8.85. The Hall–Kier alpha value is -2.37. The standard InChI is InChI=1S/C16H21N5O/c1-20-12-14(11-19-20)16(22)18-10-13-5-6-17-15(9-13)21-7-3-2-4-8-21/h5-6,9,11-12H,2-4,7-8,10H2,1H3,(H,18,22). The second-order valence-electron chi connectivity index (χ2n) is 5.66.